The summed E-state index contributed by atoms with van der Waals surface area (Å²) in [5.74, 6) is 0.652. The molecule has 0 spiro atoms. The Hall–Kier alpha value is -1.76. The lowest BCUT2D eigenvalue weighted by molar-refractivity contribution is 0.464. The average molecular weight is 254 g/mol. The summed E-state index contributed by atoms with van der Waals surface area (Å²) >= 11 is 0. The predicted molar refractivity (Wildman–Crippen MR) is 80.7 cm³/mol. The van der Waals surface area contributed by atoms with Gasteiger partial charge in [-0.15, -0.1) is 0 Å². The van der Waals surface area contributed by atoms with Gasteiger partial charge in [0.05, 0.1) is 0 Å². The summed E-state index contributed by atoms with van der Waals surface area (Å²) in [6, 6.07) is 16.3. The summed E-state index contributed by atoms with van der Waals surface area (Å²) in [4.78, 5) is 0. The summed E-state index contributed by atoms with van der Waals surface area (Å²) in [5, 5.41) is 10.2. The summed E-state index contributed by atoms with van der Waals surface area (Å²) in [6.45, 7) is 4.36. The molecular formula is C18H22O. The molecule has 1 unspecified atom stereocenters. The fourth-order valence-electron chi connectivity index (χ4n) is 2.59. The van der Waals surface area contributed by atoms with Crippen LogP contribution in [-0.4, -0.2) is 5.11 Å². The van der Waals surface area contributed by atoms with E-state index < -0.39 is 0 Å². The minimum Gasteiger partial charge on any atom is -0.508 e. The Morgan fingerprint density at radius 1 is 1.00 bits per heavy atom. The maximum Gasteiger partial charge on any atom is 0.119 e. The second kappa shape index (κ2) is 6.42. The van der Waals surface area contributed by atoms with Crippen molar-refractivity contribution < 1.29 is 5.11 Å². The van der Waals surface area contributed by atoms with Gasteiger partial charge in [-0.2, -0.15) is 0 Å². The number of rotatable bonds is 5. The third-order valence-corrected chi connectivity index (χ3v) is 3.71. The Balaban J connectivity index is 2.37. The quantitative estimate of drug-likeness (QED) is 0.805. The number of aryl methyl sites for hydroxylation is 1. The molecule has 0 aliphatic heterocycles. The molecule has 2 rings (SSSR count). The van der Waals surface area contributed by atoms with E-state index in [-0.39, 0.29) is 5.92 Å². The van der Waals surface area contributed by atoms with Crippen LogP contribution in [-0.2, 0) is 6.42 Å². The van der Waals surface area contributed by atoms with Gasteiger partial charge in [-0.3, -0.25) is 0 Å². The molecule has 1 N–H and O–H groups in total. The number of hydrogen-bond acceptors (Lipinski definition) is 1. The standard InChI is InChI=1S/C18H22O/c1-3-4-9-16-12-8-13-17(19)18(16)14(2)15-10-6-5-7-11-15/h5-8,10-14,19H,3-4,9H2,1-2H3. The molecule has 0 bridgehead atoms. The van der Waals surface area contributed by atoms with Crippen LogP contribution in [0.5, 0.6) is 5.75 Å². The lowest BCUT2D eigenvalue weighted by atomic mass is 9.87. The Morgan fingerprint density at radius 3 is 2.42 bits per heavy atom. The normalized spacial score (nSPS) is 12.3. The first-order valence-electron chi connectivity index (χ1n) is 7.09. The van der Waals surface area contributed by atoms with Crippen molar-refractivity contribution >= 4 is 0 Å². The van der Waals surface area contributed by atoms with Crippen molar-refractivity contribution in [2.45, 2.75) is 39.0 Å². The van der Waals surface area contributed by atoms with E-state index in [0.717, 1.165) is 18.4 Å². The van der Waals surface area contributed by atoms with Gasteiger partial charge in [0.25, 0.3) is 0 Å². The number of hydrogen-bond donors (Lipinski definition) is 1. The summed E-state index contributed by atoms with van der Waals surface area (Å²) < 4.78 is 0. The van der Waals surface area contributed by atoms with Gasteiger partial charge in [0, 0.05) is 11.5 Å². The average Bonchev–Trinajstić information content (AvgIpc) is 2.45. The zero-order valence-corrected chi connectivity index (χ0v) is 11.8. The zero-order chi connectivity index (χ0) is 13.7. The molecule has 0 saturated heterocycles. The highest BCUT2D eigenvalue weighted by molar-refractivity contribution is 5.46. The maximum atomic E-state index is 10.2. The Labute approximate surface area is 115 Å². The van der Waals surface area contributed by atoms with Gasteiger partial charge in [0.2, 0.25) is 0 Å². The fourth-order valence-corrected chi connectivity index (χ4v) is 2.59. The monoisotopic (exact) mass is 254 g/mol. The van der Waals surface area contributed by atoms with Crippen LogP contribution in [0.15, 0.2) is 48.5 Å². The fraction of sp³-hybridized carbons (Fsp3) is 0.333. The van der Waals surface area contributed by atoms with Gasteiger partial charge in [0.1, 0.15) is 5.75 Å². The van der Waals surface area contributed by atoms with Crippen LogP contribution in [0.2, 0.25) is 0 Å². The van der Waals surface area contributed by atoms with Gasteiger partial charge >= 0.3 is 0 Å². The molecule has 0 radical (unpaired) electrons. The first-order valence-corrected chi connectivity index (χ1v) is 7.09. The second-order valence-electron chi connectivity index (χ2n) is 5.09. The second-order valence-corrected chi connectivity index (χ2v) is 5.09. The SMILES string of the molecule is CCCCc1cccc(O)c1C(C)c1ccccc1. The Kier molecular flexibility index (Phi) is 4.62. The van der Waals surface area contributed by atoms with Crippen LogP contribution < -0.4 is 0 Å². The number of aromatic hydroxyl groups is 1. The molecule has 2 aromatic rings. The maximum absolute atomic E-state index is 10.2. The van der Waals surface area contributed by atoms with Gasteiger partial charge in [0.15, 0.2) is 0 Å². The zero-order valence-electron chi connectivity index (χ0n) is 11.8. The number of unbranched alkanes of at least 4 members (excludes halogenated alkanes) is 1. The smallest absolute Gasteiger partial charge is 0.119 e. The highest BCUT2D eigenvalue weighted by Crippen LogP contribution is 2.34. The summed E-state index contributed by atoms with van der Waals surface area (Å²) in [6.07, 6.45) is 3.38. The number of phenols is 1. The van der Waals surface area contributed by atoms with E-state index in [4.69, 9.17) is 0 Å². The summed E-state index contributed by atoms with van der Waals surface area (Å²) in [5.41, 5.74) is 3.61. The minimum absolute atomic E-state index is 0.231. The molecule has 1 nitrogen and oxygen atoms in total. The molecule has 1 atom stereocenters. The third-order valence-electron chi connectivity index (χ3n) is 3.71. The van der Waals surface area contributed by atoms with E-state index in [0.29, 0.717) is 5.75 Å². The topological polar surface area (TPSA) is 20.2 Å². The molecule has 0 fully saturated rings. The molecule has 0 aromatic heterocycles. The van der Waals surface area contributed by atoms with Crippen molar-refractivity contribution in [3.8, 4) is 5.75 Å². The molecule has 0 amide bonds. The molecular weight excluding hydrogens is 232 g/mol. The van der Waals surface area contributed by atoms with E-state index in [1.807, 2.05) is 12.1 Å². The number of benzene rings is 2. The molecule has 0 heterocycles. The molecule has 2 aromatic carbocycles. The van der Waals surface area contributed by atoms with Gasteiger partial charge in [-0.1, -0.05) is 62.7 Å². The van der Waals surface area contributed by atoms with E-state index >= 15 is 0 Å². The van der Waals surface area contributed by atoms with Crippen LogP contribution in [0.25, 0.3) is 0 Å². The van der Waals surface area contributed by atoms with Crippen molar-refractivity contribution in [1.29, 1.82) is 0 Å². The Morgan fingerprint density at radius 2 is 1.74 bits per heavy atom. The van der Waals surface area contributed by atoms with Crippen LogP contribution in [0.1, 0.15) is 49.3 Å². The van der Waals surface area contributed by atoms with Crippen molar-refractivity contribution in [3.63, 3.8) is 0 Å². The van der Waals surface area contributed by atoms with Gasteiger partial charge in [-0.25, -0.2) is 0 Å². The molecule has 19 heavy (non-hydrogen) atoms. The third kappa shape index (κ3) is 3.17. The minimum atomic E-state index is 0.231. The van der Waals surface area contributed by atoms with Gasteiger partial charge in [-0.05, 0) is 30.0 Å². The molecule has 100 valence electrons. The van der Waals surface area contributed by atoms with E-state index in [1.165, 1.54) is 17.5 Å². The first-order chi connectivity index (χ1) is 9.24. The van der Waals surface area contributed by atoms with E-state index in [1.54, 1.807) is 6.07 Å². The van der Waals surface area contributed by atoms with Crippen molar-refractivity contribution in [1.82, 2.24) is 0 Å². The molecule has 0 aliphatic carbocycles. The predicted octanol–water partition coefficient (Wildman–Crippen LogP) is 4.89. The number of phenolic OH excluding ortho intramolecular Hbond substituents is 1. The first kappa shape index (κ1) is 13.7. The van der Waals surface area contributed by atoms with E-state index in [2.05, 4.69) is 44.2 Å². The highest BCUT2D eigenvalue weighted by atomic mass is 16.3. The van der Waals surface area contributed by atoms with Crippen molar-refractivity contribution in [3.05, 3.63) is 65.2 Å². The lowest BCUT2D eigenvalue weighted by Crippen LogP contribution is -2.02. The van der Waals surface area contributed by atoms with Crippen molar-refractivity contribution in [2.75, 3.05) is 0 Å². The summed E-state index contributed by atoms with van der Waals surface area (Å²) in [7, 11) is 0. The van der Waals surface area contributed by atoms with E-state index in [9.17, 15) is 5.11 Å². The van der Waals surface area contributed by atoms with Crippen LogP contribution >= 0.6 is 0 Å². The van der Waals surface area contributed by atoms with Crippen LogP contribution in [0.3, 0.4) is 0 Å². The van der Waals surface area contributed by atoms with Crippen LogP contribution in [0, 0.1) is 0 Å². The Bertz CT molecular complexity index is 516. The van der Waals surface area contributed by atoms with Crippen molar-refractivity contribution in [2.24, 2.45) is 0 Å². The molecule has 0 aliphatic rings. The highest BCUT2D eigenvalue weighted by Gasteiger charge is 2.16. The molecule has 0 saturated carbocycles. The lowest BCUT2D eigenvalue weighted by Gasteiger charge is -2.18. The largest absolute Gasteiger partial charge is 0.508 e. The molecule has 1 heteroatoms. The van der Waals surface area contributed by atoms with Crippen LogP contribution in [0.4, 0.5) is 0 Å². The van der Waals surface area contributed by atoms with Gasteiger partial charge < -0.3 is 5.11 Å².